The van der Waals surface area contributed by atoms with E-state index in [9.17, 15) is 14.4 Å². The molecule has 4 rings (SSSR count). The predicted molar refractivity (Wildman–Crippen MR) is 107 cm³/mol. The number of rotatable bonds is 5. The summed E-state index contributed by atoms with van der Waals surface area (Å²) in [6.07, 6.45) is 4.01. The highest BCUT2D eigenvalue weighted by Crippen LogP contribution is 2.14. The molecule has 2 aliphatic heterocycles. The van der Waals surface area contributed by atoms with Gasteiger partial charge >= 0.3 is 0 Å². The van der Waals surface area contributed by atoms with Crippen LogP contribution in [-0.4, -0.2) is 81.9 Å². The Bertz CT molecular complexity index is 910. The fraction of sp³-hybridized carbons (Fsp3) is 0.579. The summed E-state index contributed by atoms with van der Waals surface area (Å²) in [4.78, 5) is 48.1. The summed E-state index contributed by atoms with van der Waals surface area (Å²) in [6, 6.07) is 1.77. The lowest BCUT2D eigenvalue weighted by molar-refractivity contribution is -0.134. The Morgan fingerprint density at radius 3 is 2.46 bits per heavy atom. The number of carbonyl (C=O) groups is 2. The minimum atomic E-state index is -0.0932. The number of thiophene rings is 1. The van der Waals surface area contributed by atoms with Crippen molar-refractivity contribution in [1.82, 2.24) is 24.3 Å². The van der Waals surface area contributed by atoms with Crippen molar-refractivity contribution in [2.24, 2.45) is 0 Å². The second-order valence-corrected chi connectivity index (χ2v) is 8.27. The van der Waals surface area contributed by atoms with Gasteiger partial charge in [-0.2, -0.15) is 0 Å². The van der Waals surface area contributed by atoms with Crippen molar-refractivity contribution in [3.8, 4) is 0 Å². The fourth-order valence-corrected chi connectivity index (χ4v) is 4.56. The number of piperazine rings is 1. The molecule has 2 aliphatic rings. The molecule has 0 bridgehead atoms. The summed E-state index contributed by atoms with van der Waals surface area (Å²) >= 11 is 1.44. The van der Waals surface area contributed by atoms with Gasteiger partial charge in [-0.25, -0.2) is 4.98 Å². The molecule has 0 aromatic carbocycles. The molecule has 2 aromatic heterocycles. The molecule has 0 unspecified atom stereocenters. The van der Waals surface area contributed by atoms with Gasteiger partial charge in [-0.15, -0.1) is 11.3 Å². The summed E-state index contributed by atoms with van der Waals surface area (Å²) in [5.74, 6) is 0.246. The minimum Gasteiger partial charge on any atom is -0.342 e. The van der Waals surface area contributed by atoms with Gasteiger partial charge in [-0.3, -0.25) is 23.9 Å². The number of aromatic nitrogens is 2. The molecule has 2 saturated heterocycles. The van der Waals surface area contributed by atoms with Crippen LogP contribution < -0.4 is 5.56 Å². The number of hydrogen-bond donors (Lipinski definition) is 0. The Kier molecular flexibility index (Phi) is 5.72. The molecule has 28 heavy (non-hydrogen) atoms. The van der Waals surface area contributed by atoms with E-state index in [1.165, 1.54) is 22.2 Å². The van der Waals surface area contributed by atoms with Crippen molar-refractivity contribution >= 4 is 33.4 Å². The summed E-state index contributed by atoms with van der Waals surface area (Å²) < 4.78 is 1.51. The fourth-order valence-electron chi connectivity index (χ4n) is 3.84. The van der Waals surface area contributed by atoms with Gasteiger partial charge in [0.2, 0.25) is 11.8 Å². The summed E-state index contributed by atoms with van der Waals surface area (Å²) in [5, 5.41) is 2.46. The van der Waals surface area contributed by atoms with E-state index in [-0.39, 0.29) is 23.8 Å². The van der Waals surface area contributed by atoms with E-state index >= 15 is 0 Å². The molecular formula is C19H25N5O3S. The molecule has 0 spiro atoms. The summed E-state index contributed by atoms with van der Waals surface area (Å²) in [7, 11) is 0. The summed E-state index contributed by atoms with van der Waals surface area (Å²) in [6.45, 7) is 5.23. The van der Waals surface area contributed by atoms with E-state index in [4.69, 9.17) is 0 Å². The SMILES string of the molecule is O=C(CCn1cnc2sccc2c1=O)N1CCN(CC(=O)N2CCCC2)CC1. The van der Waals surface area contributed by atoms with E-state index in [1.807, 2.05) is 15.2 Å². The standard InChI is InChI=1S/C19H25N5O3S/c25-16(3-7-24-14-20-18-15(19(24)27)4-12-28-18)23-10-8-21(9-11-23)13-17(26)22-5-1-2-6-22/h4,12,14H,1-3,5-11,13H2. The molecule has 150 valence electrons. The van der Waals surface area contributed by atoms with Crippen LogP contribution in [0, 0.1) is 0 Å². The lowest BCUT2D eigenvalue weighted by Gasteiger charge is -2.35. The molecule has 4 heterocycles. The van der Waals surface area contributed by atoms with Gasteiger partial charge in [0.15, 0.2) is 0 Å². The van der Waals surface area contributed by atoms with Gasteiger partial charge in [-0.05, 0) is 24.3 Å². The van der Waals surface area contributed by atoms with Crippen molar-refractivity contribution in [3.05, 3.63) is 28.1 Å². The van der Waals surface area contributed by atoms with E-state index in [1.54, 1.807) is 6.07 Å². The van der Waals surface area contributed by atoms with Crippen LogP contribution in [0.1, 0.15) is 19.3 Å². The number of carbonyl (C=O) groups excluding carboxylic acids is 2. The predicted octanol–water partition coefficient (Wildman–Crippen LogP) is 0.615. The zero-order chi connectivity index (χ0) is 19.5. The molecule has 0 radical (unpaired) electrons. The Morgan fingerprint density at radius 1 is 1.00 bits per heavy atom. The van der Waals surface area contributed by atoms with Crippen LogP contribution in [0.25, 0.3) is 10.2 Å². The number of amides is 2. The van der Waals surface area contributed by atoms with Gasteiger partial charge in [0.1, 0.15) is 4.83 Å². The highest BCUT2D eigenvalue weighted by atomic mass is 32.1. The lowest BCUT2D eigenvalue weighted by Crippen LogP contribution is -2.51. The smallest absolute Gasteiger partial charge is 0.262 e. The maximum absolute atomic E-state index is 12.5. The van der Waals surface area contributed by atoms with Gasteiger partial charge in [0.25, 0.3) is 5.56 Å². The Morgan fingerprint density at radius 2 is 1.71 bits per heavy atom. The number of aryl methyl sites for hydroxylation is 1. The zero-order valence-electron chi connectivity index (χ0n) is 15.9. The molecule has 0 aliphatic carbocycles. The number of nitrogens with zero attached hydrogens (tertiary/aromatic N) is 5. The van der Waals surface area contributed by atoms with Crippen molar-refractivity contribution in [2.75, 3.05) is 45.8 Å². The number of hydrogen-bond acceptors (Lipinski definition) is 6. The Balaban J connectivity index is 1.25. The Hall–Kier alpha value is -2.26. The van der Waals surface area contributed by atoms with Crippen LogP contribution in [0.3, 0.4) is 0 Å². The van der Waals surface area contributed by atoms with Gasteiger partial charge < -0.3 is 9.80 Å². The first-order chi connectivity index (χ1) is 13.6. The van der Waals surface area contributed by atoms with Crippen LogP contribution in [-0.2, 0) is 16.1 Å². The number of likely N-dealkylation sites (tertiary alicyclic amines) is 1. The molecule has 0 atom stereocenters. The molecule has 2 fully saturated rings. The van der Waals surface area contributed by atoms with E-state index in [2.05, 4.69) is 9.88 Å². The van der Waals surface area contributed by atoms with Crippen LogP contribution >= 0.6 is 11.3 Å². The largest absolute Gasteiger partial charge is 0.342 e. The van der Waals surface area contributed by atoms with Crippen LogP contribution in [0.5, 0.6) is 0 Å². The molecule has 2 aromatic rings. The average Bonchev–Trinajstić information content (AvgIpc) is 3.40. The van der Waals surface area contributed by atoms with E-state index in [0.717, 1.165) is 30.8 Å². The van der Waals surface area contributed by atoms with Crippen LogP contribution in [0.4, 0.5) is 0 Å². The topological polar surface area (TPSA) is 78.8 Å². The van der Waals surface area contributed by atoms with Gasteiger partial charge in [0, 0.05) is 52.2 Å². The van der Waals surface area contributed by atoms with Gasteiger partial charge in [0.05, 0.1) is 18.3 Å². The molecule has 0 saturated carbocycles. The molecule has 8 nitrogen and oxygen atoms in total. The van der Waals surface area contributed by atoms with E-state index in [0.29, 0.717) is 44.7 Å². The minimum absolute atomic E-state index is 0.0443. The average molecular weight is 404 g/mol. The normalized spacial score (nSPS) is 18.1. The maximum atomic E-state index is 12.5. The highest BCUT2D eigenvalue weighted by molar-refractivity contribution is 7.16. The maximum Gasteiger partial charge on any atom is 0.262 e. The Labute approximate surface area is 167 Å². The quantitative estimate of drug-likeness (QED) is 0.731. The van der Waals surface area contributed by atoms with E-state index < -0.39 is 0 Å². The first-order valence-electron chi connectivity index (χ1n) is 9.82. The van der Waals surface area contributed by atoms with Crippen molar-refractivity contribution in [2.45, 2.75) is 25.8 Å². The molecule has 2 amide bonds. The number of fused-ring (bicyclic) bond motifs is 1. The third-order valence-electron chi connectivity index (χ3n) is 5.56. The first kappa shape index (κ1) is 19.1. The third-order valence-corrected chi connectivity index (χ3v) is 6.38. The molecular weight excluding hydrogens is 378 g/mol. The van der Waals surface area contributed by atoms with Crippen LogP contribution in [0.15, 0.2) is 22.6 Å². The lowest BCUT2D eigenvalue weighted by atomic mass is 10.2. The molecule has 9 heteroatoms. The van der Waals surface area contributed by atoms with Crippen molar-refractivity contribution in [3.63, 3.8) is 0 Å². The van der Waals surface area contributed by atoms with Crippen LogP contribution in [0.2, 0.25) is 0 Å². The first-order valence-corrected chi connectivity index (χ1v) is 10.7. The summed E-state index contributed by atoms with van der Waals surface area (Å²) in [5.41, 5.74) is -0.0932. The van der Waals surface area contributed by atoms with Crippen molar-refractivity contribution in [1.29, 1.82) is 0 Å². The third kappa shape index (κ3) is 4.10. The van der Waals surface area contributed by atoms with Crippen molar-refractivity contribution < 1.29 is 9.59 Å². The zero-order valence-corrected chi connectivity index (χ0v) is 16.7. The monoisotopic (exact) mass is 403 g/mol. The molecule has 0 N–H and O–H groups in total. The second kappa shape index (κ2) is 8.40. The highest BCUT2D eigenvalue weighted by Gasteiger charge is 2.25. The second-order valence-electron chi connectivity index (χ2n) is 7.38. The van der Waals surface area contributed by atoms with Gasteiger partial charge in [-0.1, -0.05) is 0 Å².